The molecule has 1 saturated heterocycles. The van der Waals surface area contributed by atoms with Gasteiger partial charge >= 0.3 is 0 Å². The van der Waals surface area contributed by atoms with Crippen molar-refractivity contribution >= 4 is 5.78 Å². The summed E-state index contributed by atoms with van der Waals surface area (Å²) in [4.78, 5) is 14.4. The number of rotatable bonds is 4. The number of nitrogens with zero attached hydrogens (tertiary/aromatic N) is 1. The first-order chi connectivity index (χ1) is 9.08. The Morgan fingerprint density at radius 3 is 2.68 bits per heavy atom. The van der Waals surface area contributed by atoms with Gasteiger partial charge in [-0.25, -0.2) is 0 Å². The molecule has 19 heavy (non-hydrogen) atoms. The van der Waals surface area contributed by atoms with Gasteiger partial charge in [-0.1, -0.05) is 12.1 Å². The molecule has 1 aromatic rings. The summed E-state index contributed by atoms with van der Waals surface area (Å²) in [5, 5.41) is 0. The molecule has 0 aliphatic carbocycles. The molecule has 2 atom stereocenters. The van der Waals surface area contributed by atoms with Crippen molar-refractivity contribution in [3.63, 3.8) is 0 Å². The average molecular weight is 263 g/mol. The Labute approximate surface area is 114 Å². The molecule has 104 valence electrons. The summed E-state index contributed by atoms with van der Waals surface area (Å²) in [6, 6.07) is 7.31. The molecule has 2 unspecified atom stereocenters. The van der Waals surface area contributed by atoms with Crippen LogP contribution in [-0.4, -0.2) is 49.6 Å². The van der Waals surface area contributed by atoms with Gasteiger partial charge in [-0.05, 0) is 26.0 Å². The second-order valence-corrected chi connectivity index (χ2v) is 5.11. The van der Waals surface area contributed by atoms with Gasteiger partial charge < -0.3 is 9.47 Å². The zero-order valence-corrected chi connectivity index (χ0v) is 11.8. The molecular weight excluding hydrogens is 242 g/mol. The highest BCUT2D eigenvalue weighted by Gasteiger charge is 2.24. The van der Waals surface area contributed by atoms with E-state index in [1.807, 2.05) is 32.0 Å². The summed E-state index contributed by atoms with van der Waals surface area (Å²) in [5.41, 5.74) is 0.700. The van der Waals surface area contributed by atoms with E-state index in [9.17, 15) is 4.79 Å². The van der Waals surface area contributed by atoms with Crippen LogP contribution in [0.15, 0.2) is 24.3 Å². The van der Waals surface area contributed by atoms with E-state index in [4.69, 9.17) is 9.47 Å². The summed E-state index contributed by atoms with van der Waals surface area (Å²) in [7, 11) is 1.61. The minimum Gasteiger partial charge on any atom is -0.497 e. The van der Waals surface area contributed by atoms with E-state index in [1.165, 1.54) is 0 Å². The molecule has 0 amide bonds. The van der Waals surface area contributed by atoms with Crippen molar-refractivity contribution in [2.75, 3.05) is 26.7 Å². The minimum atomic E-state index is 0.125. The van der Waals surface area contributed by atoms with E-state index in [0.717, 1.165) is 18.8 Å². The highest BCUT2D eigenvalue weighted by Crippen LogP contribution is 2.15. The lowest BCUT2D eigenvalue weighted by Gasteiger charge is -2.34. The first-order valence-corrected chi connectivity index (χ1v) is 6.63. The van der Waals surface area contributed by atoms with Crippen molar-refractivity contribution < 1.29 is 14.3 Å². The molecule has 0 radical (unpaired) electrons. The van der Waals surface area contributed by atoms with E-state index in [0.29, 0.717) is 12.1 Å². The highest BCUT2D eigenvalue weighted by atomic mass is 16.5. The van der Waals surface area contributed by atoms with Gasteiger partial charge in [0.05, 0.1) is 25.9 Å². The van der Waals surface area contributed by atoms with Crippen molar-refractivity contribution in [1.29, 1.82) is 0 Å². The van der Waals surface area contributed by atoms with Crippen LogP contribution in [-0.2, 0) is 4.74 Å². The molecule has 0 aromatic heterocycles. The van der Waals surface area contributed by atoms with Gasteiger partial charge in [0.25, 0.3) is 0 Å². The maximum atomic E-state index is 12.3. The standard InChI is InChI=1S/C15H21NO3/c1-11-8-16(9-12(2)19-11)10-15(17)13-5-4-6-14(7-13)18-3/h4-7,11-12H,8-10H2,1-3H3. The third kappa shape index (κ3) is 3.78. The van der Waals surface area contributed by atoms with E-state index in [2.05, 4.69) is 4.90 Å². The molecule has 4 heteroatoms. The second kappa shape index (κ2) is 6.17. The average Bonchev–Trinajstić information content (AvgIpc) is 2.37. The normalized spacial score (nSPS) is 24.2. The number of ether oxygens (including phenoxy) is 2. The van der Waals surface area contributed by atoms with Crippen molar-refractivity contribution in [3.8, 4) is 5.75 Å². The first kappa shape index (κ1) is 14.0. The van der Waals surface area contributed by atoms with Crippen LogP contribution >= 0.6 is 0 Å². The molecule has 4 nitrogen and oxygen atoms in total. The van der Waals surface area contributed by atoms with Gasteiger partial charge in [0, 0.05) is 18.7 Å². The largest absolute Gasteiger partial charge is 0.497 e. The monoisotopic (exact) mass is 263 g/mol. The highest BCUT2D eigenvalue weighted by molar-refractivity contribution is 5.97. The van der Waals surface area contributed by atoms with Crippen LogP contribution in [0.25, 0.3) is 0 Å². The Bertz CT molecular complexity index is 437. The fourth-order valence-corrected chi connectivity index (χ4v) is 2.50. The van der Waals surface area contributed by atoms with E-state index >= 15 is 0 Å². The molecule has 0 bridgehead atoms. The Morgan fingerprint density at radius 2 is 2.05 bits per heavy atom. The Kier molecular flexibility index (Phi) is 4.56. The second-order valence-electron chi connectivity index (χ2n) is 5.11. The molecule has 0 N–H and O–H groups in total. The van der Waals surface area contributed by atoms with Crippen molar-refractivity contribution in [2.24, 2.45) is 0 Å². The zero-order chi connectivity index (χ0) is 13.8. The number of morpholine rings is 1. The fraction of sp³-hybridized carbons (Fsp3) is 0.533. The zero-order valence-electron chi connectivity index (χ0n) is 11.8. The lowest BCUT2D eigenvalue weighted by molar-refractivity contribution is -0.0652. The summed E-state index contributed by atoms with van der Waals surface area (Å²) < 4.78 is 10.8. The maximum Gasteiger partial charge on any atom is 0.176 e. The Morgan fingerprint density at radius 1 is 1.37 bits per heavy atom. The third-order valence-electron chi connectivity index (χ3n) is 3.25. The maximum absolute atomic E-state index is 12.3. The smallest absolute Gasteiger partial charge is 0.176 e. The minimum absolute atomic E-state index is 0.125. The number of ketones is 1. The summed E-state index contributed by atoms with van der Waals surface area (Å²) in [6.07, 6.45) is 0.365. The van der Waals surface area contributed by atoms with Gasteiger partial charge in [0.15, 0.2) is 5.78 Å². The van der Waals surface area contributed by atoms with Gasteiger partial charge in [0.2, 0.25) is 0 Å². The van der Waals surface area contributed by atoms with Crippen molar-refractivity contribution in [2.45, 2.75) is 26.1 Å². The molecule has 2 rings (SSSR count). The van der Waals surface area contributed by atoms with E-state index in [-0.39, 0.29) is 18.0 Å². The Hall–Kier alpha value is -1.39. The van der Waals surface area contributed by atoms with Crippen LogP contribution in [0.2, 0.25) is 0 Å². The van der Waals surface area contributed by atoms with Crippen LogP contribution in [0.4, 0.5) is 0 Å². The molecule has 1 aromatic carbocycles. The molecule has 1 heterocycles. The van der Waals surface area contributed by atoms with Crippen LogP contribution in [0.5, 0.6) is 5.75 Å². The van der Waals surface area contributed by atoms with Crippen LogP contribution in [0.3, 0.4) is 0 Å². The quantitative estimate of drug-likeness (QED) is 0.779. The number of hydrogen-bond donors (Lipinski definition) is 0. The van der Waals surface area contributed by atoms with Gasteiger partial charge in [0.1, 0.15) is 5.75 Å². The van der Waals surface area contributed by atoms with Crippen LogP contribution in [0, 0.1) is 0 Å². The number of carbonyl (C=O) groups is 1. The number of carbonyl (C=O) groups excluding carboxylic acids is 1. The predicted molar refractivity (Wildman–Crippen MR) is 73.8 cm³/mol. The van der Waals surface area contributed by atoms with Gasteiger partial charge in [-0.2, -0.15) is 0 Å². The third-order valence-corrected chi connectivity index (χ3v) is 3.25. The number of hydrogen-bond acceptors (Lipinski definition) is 4. The summed E-state index contributed by atoms with van der Waals surface area (Å²) >= 11 is 0. The molecule has 1 aliphatic rings. The fourth-order valence-electron chi connectivity index (χ4n) is 2.50. The summed E-state index contributed by atoms with van der Waals surface area (Å²) in [6.45, 7) is 6.13. The molecule has 0 saturated carbocycles. The predicted octanol–water partition coefficient (Wildman–Crippen LogP) is 1.99. The Balaban J connectivity index is 2.00. The van der Waals surface area contributed by atoms with E-state index < -0.39 is 0 Å². The lowest BCUT2D eigenvalue weighted by Crippen LogP contribution is -2.47. The number of Topliss-reactive ketones (excluding diaryl/α,β-unsaturated/α-hetero) is 1. The molecule has 1 fully saturated rings. The molecule has 1 aliphatic heterocycles. The SMILES string of the molecule is COc1cccc(C(=O)CN2CC(C)OC(C)C2)c1. The first-order valence-electron chi connectivity index (χ1n) is 6.63. The van der Waals surface area contributed by atoms with Crippen LogP contribution in [0.1, 0.15) is 24.2 Å². The van der Waals surface area contributed by atoms with Crippen molar-refractivity contribution in [3.05, 3.63) is 29.8 Å². The van der Waals surface area contributed by atoms with E-state index in [1.54, 1.807) is 13.2 Å². The van der Waals surface area contributed by atoms with Gasteiger partial charge in [-0.3, -0.25) is 9.69 Å². The topological polar surface area (TPSA) is 38.8 Å². The van der Waals surface area contributed by atoms with Crippen molar-refractivity contribution in [1.82, 2.24) is 4.90 Å². The van der Waals surface area contributed by atoms with Gasteiger partial charge in [-0.15, -0.1) is 0 Å². The molecule has 0 spiro atoms. The molecular formula is C15H21NO3. The number of methoxy groups -OCH3 is 1. The number of benzene rings is 1. The summed E-state index contributed by atoms with van der Waals surface area (Å²) in [5.74, 6) is 0.842. The lowest BCUT2D eigenvalue weighted by atomic mass is 10.1. The van der Waals surface area contributed by atoms with Crippen LogP contribution < -0.4 is 4.74 Å².